The zero-order valence-electron chi connectivity index (χ0n) is 8.41. The molecule has 0 aliphatic carbocycles. The first kappa shape index (κ1) is 10.7. The van der Waals surface area contributed by atoms with Crippen LogP contribution < -0.4 is 0 Å². The average Bonchev–Trinajstić information content (AvgIpc) is 2.15. The normalized spacial score (nSPS) is 23.5. The SMILES string of the molecule is CC(C)CCC(=O)C1COCCO1. The predicted molar refractivity (Wildman–Crippen MR) is 49.6 cm³/mol. The Labute approximate surface area is 79.4 Å². The monoisotopic (exact) mass is 186 g/mol. The second-order valence-electron chi connectivity index (χ2n) is 3.83. The quantitative estimate of drug-likeness (QED) is 0.666. The fourth-order valence-electron chi connectivity index (χ4n) is 1.27. The third kappa shape index (κ3) is 3.87. The van der Waals surface area contributed by atoms with Crippen LogP contribution in [0.3, 0.4) is 0 Å². The van der Waals surface area contributed by atoms with E-state index in [9.17, 15) is 4.79 Å². The number of carbonyl (C=O) groups is 1. The van der Waals surface area contributed by atoms with Crippen LogP contribution in [-0.4, -0.2) is 31.7 Å². The molecular formula is C10H18O3. The van der Waals surface area contributed by atoms with Crippen molar-refractivity contribution in [3.8, 4) is 0 Å². The molecule has 0 bridgehead atoms. The van der Waals surface area contributed by atoms with Crippen LogP contribution in [0.15, 0.2) is 0 Å². The lowest BCUT2D eigenvalue weighted by molar-refractivity contribution is -0.145. The van der Waals surface area contributed by atoms with E-state index in [-0.39, 0.29) is 11.9 Å². The summed E-state index contributed by atoms with van der Waals surface area (Å²) < 4.78 is 10.5. The number of ether oxygens (including phenoxy) is 2. The van der Waals surface area contributed by atoms with Gasteiger partial charge in [-0.05, 0) is 12.3 Å². The molecular weight excluding hydrogens is 168 g/mol. The number of carbonyl (C=O) groups excluding carboxylic acids is 1. The van der Waals surface area contributed by atoms with E-state index in [2.05, 4.69) is 13.8 Å². The Hall–Kier alpha value is -0.410. The van der Waals surface area contributed by atoms with E-state index in [0.717, 1.165) is 6.42 Å². The maximum Gasteiger partial charge on any atom is 0.163 e. The van der Waals surface area contributed by atoms with Crippen molar-refractivity contribution in [2.45, 2.75) is 32.8 Å². The minimum Gasteiger partial charge on any atom is -0.376 e. The molecule has 0 aromatic carbocycles. The van der Waals surface area contributed by atoms with Crippen LogP contribution in [-0.2, 0) is 14.3 Å². The highest BCUT2D eigenvalue weighted by Gasteiger charge is 2.21. The van der Waals surface area contributed by atoms with Crippen molar-refractivity contribution in [3.63, 3.8) is 0 Å². The minimum absolute atomic E-state index is 0.188. The number of rotatable bonds is 4. The van der Waals surface area contributed by atoms with Crippen LogP contribution in [0.5, 0.6) is 0 Å². The van der Waals surface area contributed by atoms with Gasteiger partial charge in [-0.2, -0.15) is 0 Å². The molecule has 0 radical (unpaired) electrons. The minimum atomic E-state index is -0.299. The fraction of sp³-hybridized carbons (Fsp3) is 0.900. The molecule has 0 saturated carbocycles. The van der Waals surface area contributed by atoms with E-state index < -0.39 is 0 Å². The molecule has 1 unspecified atom stereocenters. The molecule has 1 aliphatic rings. The van der Waals surface area contributed by atoms with Gasteiger partial charge in [0.1, 0.15) is 6.10 Å². The molecule has 0 spiro atoms. The highest BCUT2D eigenvalue weighted by molar-refractivity contribution is 5.83. The Kier molecular flexibility index (Phi) is 4.39. The Balaban J connectivity index is 2.21. The second-order valence-corrected chi connectivity index (χ2v) is 3.83. The molecule has 0 N–H and O–H groups in total. The van der Waals surface area contributed by atoms with Crippen LogP contribution in [0.25, 0.3) is 0 Å². The number of hydrogen-bond donors (Lipinski definition) is 0. The topological polar surface area (TPSA) is 35.5 Å². The molecule has 0 aromatic heterocycles. The summed E-state index contributed by atoms with van der Waals surface area (Å²) in [7, 11) is 0. The van der Waals surface area contributed by atoms with Gasteiger partial charge in [0.2, 0.25) is 0 Å². The summed E-state index contributed by atoms with van der Waals surface area (Å²) in [5.74, 6) is 0.766. The first-order valence-corrected chi connectivity index (χ1v) is 4.92. The van der Waals surface area contributed by atoms with Gasteiger partial charge in [-0.25, -0.2) is 0 Å². The molecule has 0 amide bonds. The molecule has 3 heteroatoms. The molecule has 1 rings (SSSR count). The van der Waals surface area contributed by atoms with E-state index in [1.54, 1.807) is 0 Å². The molecule has 3 nitrogen and oxygen atoms in total. The van der Waals surface area contributed by atoms with Crippen molar-refractivity contribution in [1.29, 1.82) is 0 Å². The lowest BCUT2D eigenvalue weighted by atomic mass is 10.0. The lowest BCUT2D eigenvalue weighted by Gasteiger charge is -2.21. The van der Waals surface area contributed by atoms with Crippen LogP contribution in [0, 0.1) is 5.92 Å². The standard InChI is InChI=1S/C10H18O3/c1-8(2)3-4-9(11)10-7-12-5-6-13-10/h8,10H,3-7H2,1-2H3. The summed E-state index contributed by atoms with van der Waals surface area (Å²) in [5, 5.41) is 0. The average molecular weight is 186 g/mol. The summed E-state index contributed by atoms with van der Waals surface area (Å²) >= 11 is 0. The Morgan fingerprint density at radius 2 is 2.23 bits per heavy atom. The van der Waals surface area contributed by atoms with E-state index in [1.807, 2.05) is 0 Å². The second kappa shape index (κ2) is 5.35. The summed E-state index contributed by atoms with van der Waals surface area (Å²) in [6.45, 7) is 5.85. The van der Waals surface area contributed by atoms with E-state index >= 15 is 0 Å². The Morgan fingerprint density at radius 3 is 2.77 bits per heavy atom. The highest BCUT2D eigenvalue weighted by Crippen LogP contribution is 2.09. The summed E-state index contributed by atoms with van der Waals surface area (Å²) in [4.78, 5) is 11.5. The van der Waals surface area contributed by atoms with Gasteiger partial charge in [0.25, 0.3) is 0 Å². The van der Waals surface area contributed by atoms with Gasteiger partial charge in [0.05, 0.1) is 19.8 Å². The fourth-order valence-corrected chi connectivity index (χ4v) is 1.27. The maximum atomic E-state index is 11.5. The van der Waals surface area contributed by atoms with Gasteiger partial charge in [-0.15, -0.1) is 0 Å². The van der Waals surface area contributed by atoms with E-state index in [4.69, 9.17) is 9.47 Å². The summed E-state index contributed by atoms with van der Waals surface area (Å²) in [5.41, 5.74) is 0. The van der Waals surface area contributed by atoms with Crippen LogP contribution >= 0.6 is 0 Å². The molecule has 1 heterocycles. The van der Waals surface area contributed by atoms with Crippen molar-refractivity contribution in [2.75, 3.05) is 19.8 Å². The molecule has 1 aliphatic heterocycles. The van der Waals surface area contributed by atoms with E-state index in [0.29, 0.717) is 32.2 Å². The largest absolute Gasteiger partial charge is 0.376 e. The molecule has 1 saturated heterocycles. The maximum absolute atomic E-state index is 11.5. The van der Waals surface area contributed by atoms with Crippen LogP contribution in [0.4, 0.5) is 0 Å². The first-order valence-electron chi connectivity index (χ1n) is 4.92. The first-order chi connectivity index (χ1) is 6.20. The molecule has 13 heavy (non-hydrogen) atoms. The van der Waals surface area contributed by atoms with Crippen molar-refractivity contribution >= 4 is 5.78 Å². The van der Waals surface area contributed by atoms with Crippen molar-refractivity contribution in [1.82, 2.24) is 0 Å². The van der Waals surface area contributed by atoms with Gasteiger partial charge in [-0.1, -0.05) is 13.8 Å². The van der Waals surface area contributed by atoms with Crippen molar-refractivity contribution < 1.29 is 14.3 Å². The van der Waals surface area contributed by atoms with Gasteiger partial charge in [-0.3, -0.25) is 4.79 Å². The molecule has 76 valence electrons. The van der Waals surface area contributed by atoms with Gasteiger partial charge >= 0.3 is 0 Å². The molecule has 1 atom stereocenters. The molecule has 0 aromatic rings. The van der Waals surface area contributed by atoms with Gasteiger partial charge < -0.3 is 9.47 Å². The molecule has 1 fully saturated rings. The third-order valence-corrected chi connectivity index (χ3v) is 2.14. The lowest BCUT2D eigenvalue weighted by Crippen LogP contribution is -2.35. The van der Waals surface area contributed by atoms with Crippen LogP contribution in [0.2, 0.25) is 0 Å². The van der Waals surface area contributed by atoms with E-state index in [1.165, 1.54) is 0 Å². The Morgan fingerprint density at radius 1 is 1.46 bits per heavy atom. The van der Waals surface area contributed by atoms with Crippen molar-refractivity contribution in [2.24, 2.45) is 5.92 Å². The van der Waals surface area contributed by atoms with Crippen molar-refractivity contribution in [3.05, 3.63) is 0 Å². The number of Topliss-reactive ketones (excluding diaryl/α,β-unsaturated/α-hetero) is 1. The zero-order chi connectivity index (χ0) is 9.68. The van der Waals surface area contributed by atoms with Gasteiger partial charge in [0.15, 0.2) is 5.78 Å². The van der Waals surface area contributed by atoms with Gasteiger partial charge in [0, 0.05) is 6.42 Å². The smallest absolute Gasteiger partial charge is 0.163 e. The number of hydrogen-bond acceptors (Lipinski definition) is 3. The third-order valence-electron chi connectivity index (χ3n) is 2.14. The zero-order valence-corrected chi connectivity index (χ0v) is 8.41. The Bertz CT molecular complexity index is 160. The predicted octanol–water partition coefficient (Wildman–Crippen LogP) is 1.41. The number of ketones is 1. The summed E-state index contributed by atoms with van der Waals surface area (Å²) in [6, 6.07) is 0. The summed E-state index contributed by atoms with van der Waals surface area (Å²) in [6.07, 6.45) is 1.26. The van der Waals surface area contributed by atoms with Crippen LogP contribution in [0.1, 0.15) is 26.7 Å². The highest BCUT2D eigenvalue weighted by atomic mass is 16.6.